The summed E-state index contributed by atoms with van der Waals surface area (Å²) in [4.78, 5) is 0. The van der Waals surface area contributed by atoms with E-state index in [-0.39, 0.29) is 0 Å². The van der Waals surface area contributed by atoms with Crippen LogP contribution in [0.25, 0.3) is 0 Å². The van der Waals surface area contributed by atoms with Crippen molar-refractivity contribution in [1.29, 1.82) is 0 Å². The number of rotatable bonds is 4. The fourth-order valence-corrected chi connectivity index (χ4v) is 2.03. The zero-order valence-electron chi connectivity index (χ0n) is 9.70. The molecule has 2 rings (SSSR count). The summed E-state index contributed by atoms with van der Waals surface area (Å²) in [6, 6.07) is 12.9. The molecule has 0 saturated carbocycles. The molecular weight excluding hydrogens is 269 g/mol. The number of halogens is 2. The monoisotopic (exact) mass is 281 g/mol. The fraction of sp³-hybridized carbons (Fsp3) is 0.143. The number of nitrogens with two attached hydrogens (primary N) is 1. The van der Waals surface area contributed by atoms with Crippen molar-refractivity contribution in [1.82, 2.24) is 0 Å². The molecule has 0 saturated heterocycles. The van der Waals surface area contributed by atoms with E-state index >= 15 is 0 Å². The molecule has 2 N–H and O–H groups in total. The first-order chi connectivity index (χ1) is 8.69. The minimum absolute atomic E-state index is 0.570. The molecule has 94 valence electrons. The van der Waals surface area contributed by atoms with Gasteiger partial charge in [-0.25, -0.2) is 0 Å². The van der Waals surface area contributed by atoms with Crippen molar-refractivity contribution in [2.45, 2.75) is 6.42 Å². The van der Waals surface area contributed by atoms with Gasteiger partial charge in [-0.3, -0.25) is 0 Å². The topological polar surface area (TPSA) is 35.2 Å². The van der Waals surface area contributed by atoms with Gasteiger partial charge in [-0.2, -0.15) is 0 Å². The molecule has 0 aliphatic rings. The maximum absolute atomic E-state index is 6.16. The Morgan fingerprint density at radius 3 is 2.56 bits per heavy atom. The van der Waals surface area contributed by atoms with Crippen LogP contribution in [0, 0.1) is 0 Å². The van der Waals surface area contributed by atoms with Gasteiger partial charge >= 0.3 is 0 Å². The molecule has 0 fully saturated rings. The highest BCUT2D eigenvalue weighted by molar-refractivity contribution is 6.32. The molecule has 0 amide bonds. The van der Waals surface area contributed by atoms with E-state index in [0.29, 0.717) is 28.1 Å². The first kappa shape index (κ1) is 13.2. The quantitative estimate of drug-likeness (QED) is 0.908. The first-order valence-electron chi connectivity index (χ1n) is 5.61. The lowest BCUT2D eigenvalue weighted by molar-refractivity contribution is 0.483. The fourth-order valence-electron chi connectivity index (χ4n) is 1.61. The molecule has 0 heterocycles. The molecule has 0 atom stereocenters. The lowest BCUT2D eigenvalue weighted by Gasteiger charge is -2.09. The van der Waals surface area contributed by atoms with Gasteiger partial charge in [-0.1, -0.05) is 35.3 Å². The van der Waals surface area contributed by atoms with Gasteiger partial charge in [0.1, 0.15) is 11.5 Å². The van der Waals surface area contributed by atoms with Crippen LogP contribution in [0.4, 0.5) is 0 Å². The summed E-state index contributed by atoms with van der Waals surface area (Å²) in [5, 5.41) is 1.20. The smallest absolute Gasteiger partial charge is 0.146 e. The molecule has 18 heavy (non-hydrogen) atoms. The number of hydrogen-bond donors (Lipinski definition) is 1. The van der Waals surface area contributed by atoms with Crippen molar-refractivity contribution in [2.75, 3.05) is 6.54 Å². The Balaban J connectivity index is 2.19. The number of ether oxygens (including phenoxy) is 1. The Morgan fingerprint density at radius 1 is 1.06 bits per heavy atom. The summed E-state index contributed by atoms with van der Waals surface area (Å²) in [5.74, 6) is 1.27. The summed E-state index contributed by atoms with van der Waals surface area (Å²) < 4.78 is 5.68. The molecular formula is C14H13Cl2NO. The molecule has 0 aromatic heterocycles. The molecule has 2 aromatic carbocycles. The van der Waals surface area contributed by atoms with Crippen molar-refractivity contribution in [3.63, 3.8) is 0 Å². The van der Waals surface area contributed by atoms with Crippen molar-refractivity contribution >= 4 is 23.2 Å². The van der Waals surface area contributed by atoms with Crippen LogP contribution < -0.4 is 10.5 Å². The van der Waals surface area contributed by atoms with Gasteiger partial charge in [0.15, 0.2) is 0 Å². The Morgan fingerprint density at radius 2 is 1.89 bits per heavy atom. The second-order valence-electron chi connectivity index (χ2n) is 3.86. The van der Waals surface area contributed by atoms with Crippen molar-refractivity contribution < 1.29 is 4.74 Å². The van der Waals surface area contributed by atoms with Crippen molar-refractivity contribution in [2.24, 2.45) is 5.73 Å². The van der Waals surface area contributed by atoms with E-state index in [1.54, 1.807) is 12.1 Å². The zero-order valence-corrected chi connectivity index (χ0v) is 11.2. The van der Waals surface area contributed by atoms with Crippen LogP contribution in [-0.4, -0.2) is 6.54 Å². The third-order valence-electron chi connectivity index (χ3n) is 2.45. The summed E-state index contributed by atoms with van der Waals surface area (Å²) in [5.41, 5.74) is 6.60. The van der Waals surface area contributed by atoms with Gasteiger partial charge in [0.05, 0.1) is 5.02 Å². The largest absolute Gasteiger partial charge is 0.456 e. The van der Waals surface area contributed by atoms with Crippen LogP contribution in [0.15, 0.2) is 42.5 Å². The number of hydrogen-bond acceptors (Lipinski definition) is 2. The highest BCUT2D eigenvalue weighted by Crippen LogP contribution is 2.31. The lowest BCUT2D eigenvalue weighted by atomic mass is 10.1. The minimum Gasteiger partial charge on any atom is -0.456 e. The Kier molecular flexibility index (Phi) is 4.48. The van der Waals surface area contributed by atoms with Crippen LogP contribution in [-0.2, 0) is 6.42 Å². The average Bonchev–Trinajstić information content (AvgIpc) is 2.33. The Bertz CT molecular complexity index is 543. The van der Waals surface area contributed by atoms with Crippen LogP contribution in [0.2, 0.25) is 10.0 Å². The summed E-state index contributed by atoms with van der Waals surface area (Å²) in [6.45, 7) is 0.602. The third kappa shape index (κ3) is 3.39. The van der Waals surface area contributed by atoms with Crippen LogP contribution in [0.3, 0.4) is 0 Å². The van der Waals surface area contributed by atoms with Gasteiger partial charge in [0, 0.05) is 5.02 Å². The van der Waals surface area contributed by atoms with E-state index < -0.39 is 0 Å². The standard InChI is InChI=1S/C14H13Cl2NO/c15-11-2-1-3-12(9-11)18-14-5-4-10(6-7-17)8-13(14)16/h1-5,8-9H,6-7,17H2. The van der Waals surface area contributed by atoms with E-state index in [4.69, 9.17) is 33.7 Å². The maximum atomic E-state index is 6.16. The lowest BCUT2D eigenvalue weighted by Crippen LogP contribution is -2.02. The normalized spacial score (nSPS) is 10.4. The molecule has 0 radical (unpaired) electrons. The maximum Gasteiger partial charge on any atom is 0.146 e. The highest BCUT2D eigenvalue weighted by Gasteiger charge is 2.04. The van der Waals surface area contributed by atoms with E-state index in [0.717, 1.165) is 12.0 Å². The predicted molar refractivity (Wildman–Crippen MR) is 75.7 cm³/mol. The SMILES string of the molecule is NCCc1ccc(Oc2cccc(Cl)c2)c(Cl)c1. The van der Waals surface area contributed by atoms with Crippen molar-refractivity contribution in [3.8, 4) is 11.5 Å². The average molecular weight is 282 g/mol. The summed E-state index contributed by atoms with van der Waals surface area (Å²) in [6.07, 6.45) is 0.803. The zero-order chi connectivity index (χ0) is 13.0. The van der Waals surface area contributed by atoms with Crippen LogP contribution in [0.1, 0.15) is 5.56 Å². The summed E-state index contributed by atoms with van der Waals surface area (Å²) >= 11 is 12.0. The molecule has 2 nitrogen and oxygen atoms in total. The van der Waals surface area contributed by atoms with E-state index in [2.05, 4.69) is 0 Å². The van der Waals surface area contributed by atoms with Crippen LogP contribution in [0.5, 0.6) is 11.5 Å². The number of benzene rings is 2. The highest BCUT2D eigenvalue weighted by atomic mass is 35.5. The first-order valence-corrected chi connectivity index (χ1v) is 6.36. The Hall–Kier alpha value is -1.22. The molecule has 0 unspecified atom stereocenters. The van der Waals surface area contributed by atoms with Gasteiger partial charge < -0.3 is 10.5 Å². The van der Waals surface area contributed by atoms with Crippen molar-refractivity contribution in [3.05, 3.63) is 58.1 Å². The molecule has 0 bridgehead atoms. The minimum atomic E-state index is 0.570. The predicted octanol–water partition coefficient (Wildman–Crippen LogP) is 4.29. The van der Waals surface area contributed by atoms with Gasteiger partial charge in [-0.05, 0) is 48.9 Å². The molecule has 0 spiro atoms. The molecule has 0 aliphatic carbocycles. The molecule has 0 aliphatic heterocycles. The molecule has 2 aromatic rings. The summed E-state index contributed by atoms with van der Waals surface area (Å²) in [7, 11) is 0. The second-order valence-corrected chi connectivity index (χ2v) is 4.71. The second kappa shape index (κ2) is 6.10. The third-order valence-corrected chi connectivity index (χ3v) is 2.98. The van der Waals surface area contributed by atoms with E-state index in [1.165, 1.54) is 0 Å². The van der Waals surface area contributed by atoms with Crippen LogP contribution >= 0.6 is 23.2 Å². The molecule has 4 heteroatoms. The Labute approximate surface area is 116 Å². The van der Waals surface area contributed by atoms with Gasteiger partial charge in [0.25, 0.3) is 0 Å². The van der Waals surface area contributed by atoms with Gasteiger partial charge in [0.2, 0.25) is 0 Å². The van der Waals surface area contributed by atoms with E-state index in [9.17, 15) is 0 Å². The van der Waals surface area contributed by atoms with E-state index in [1.807, 2.05) is 30.3 Å². The van der Waals surface area contributed by atoms with Gasteiger partial charge in [-0.15, -0.1) is 0 Å².